The predicted molar refractivity (Wildman–Crippen MR) is 288 cm³/mol. The van der Waals surface area contributed by atoms with Crippen molar-refractivity contribution in [2.24, 2.45) is 0 Å². The van der Waals surface area contributed by atoms with E-state index in [1.54, 1.807) is 0 Å². The van der Waals surface area contributed by atoms with Crippen LogP contribution in [-0.4, -0.2) is 37.2 Å². The first kappa shape index (κ1) is 64.1. The first-order chi connectivity index (χ1) is 33.0. The van der Waals surface area contributed by atoms with Crippen molar-refractivity contribution in [3.63, 3.8) is 0 Å². The van der Waals surface area contributed by atoms with E-state index in [1.165, 1.54) is 161 Å². The molecule has 0 amide bonds. The Morgan fingerprint density at radius 2 is 0.537 bits per heavy atom. The number of hydrogen-bond donors (Lipinski definition) is 0. The van der Waals surface area contributed by atoms with E-state index in [9.17, 15) is 14.4 Å². The van der Waals surface area contributed by atoms with Gasteiger partial charge in [0.2, 0.25) is 0 Å². The molecule has 1 atom stereocenters. The van der Waals surface area contributed by atoms with E-state index in [1.807, 2.05) is 0 Å². The summed E-state index contributed by atoms with van der Waals surface area (Å²) in [6, 6.07) is 0. The van der Waals surface area contributed by atoms with E-state index in [0.29, 0.717) is 19.3 Å². The van der Waals surface area contributed by atoms with Crippen molar-refractivity contribution < 1.29 is 28.6 Å². The normalized spacial score (nSPS) is 12.5. The maximum Gasteiger partial charge on any atom is 0.306 e. The average Bonchev–Trinajstić information content (AvgIpc) is 3.33. The van der Waals surface area contributed by atoms with E-state index in [0.717, 1.165) is 89.9 Å². The number of hydrogen-bond acceptors (Lipinski definition) is 6. The summed E-state index contributed by atoms with van der Waals surface area (Å²) in [5, 5.41) is 0. The highest BCUT2D eigenvalue weighted by Crippen LogP contribution is 2.15. The van der Waals surface area contributed by atoms with Crippen LogP contribution in [0.3, 0.4) is 0 Å². The Balaban J connectivity index is 4.38. The summed E-state index contributed by atoms with van der Waals surface area (Å²) < 4.78 is 16.9. The molecule has 0 N–H and O–H groups in total. The van der Waals surface area contributed by atoms with Gasteiger partial charge in [0.1, 0.15) is 13.2 Å². The smallest absolute Gasteiger partial charge is 0.306 e. The third-order valence-corrected chi connectivity index (χ3v) is 12.5. The van der Waals surface area contributed by atoms with Gasteiger partial charge in [0.05, 0.1) is 0 Å². The van der Waals surface area contributed by atoms with Crippen molar-refractivity contribution in [3.05, 3.63) is 60.8 Å². The lowest BCUT2D eigenvalue weighted by Gasteiger charge is -2.18. The van der Waals surface area contributed by atoms with Crippen LogP contribution in [0.1, 0.15) is 290 Å². The highest BCUT2D eigenvalue weighted by Gasteiger charge is 2.19. The number of carbonyl (C=O) groups excluding carboxylic acids is 3. The molecule has 0 saturated carbocycles. The number of esters is 3. The number of rotatable bonds is 52. The third-order valence-electron chi connectivity index (χ3n) is 12.5. The molecule has 0 rings (SSSR count). The largest absolute Gasteiger partial charge is 0.462 e. The second-order valence-electron chi connectivity index (χ2n) is 19.2. The molecule has 0 aliphatic carbocycles. The lowest BCUT2D eigenvalue weighted by atomic mass is 10.1. The fourth-order valence-electron chi connectivity index (χ4n) is 8.09. The second kappa shape index (κ2) is 55.7. The molecule has 0 fully saturated rings. The van der Waals surface area contributed by atoms with Gasteiger partial charge >= 0.3 is 17.9 Å². The fraction of sp³-hybridized carbons (Fsp3) is 0.787. The SMILES string of the molecule is CCCCC/C=C\C/C=C\CCCCCCCCCCCC(=O)OC[C@H](COC(=O)CCCCCCCCC/C=C\CCCCCC)OC(=O)CCCCCCC/C=C\C/C=C\CCCCC. The monoisotopic (exact) mass is 937 g/mol. The molecule has 0 unspecified atom stereocenters. The van der Waals surface area contributed by atoms with Gasteiger partial charge in [-0.05, 0) is 109 Å². The molecule has 0 aliphatic heterocycles. The number of allylic oxidation sites excluding steroid dienone is 10. The van der Waals surface area contributed by atoms with Crippen molar-refractivity contribution in [3.8, 4) is 0 Å². The molecule has 6 nitrogen and oxygen atoms in total. The van der Waals surface area contributed by atoms with Gasteiger partial charge in [-0.15, -0.1) is 0 Å². The van der Waals surface area contributed by atoms with Crippen LogP contribution in [0.2, 0.25) is 0 Å². The summed E-state index contributed by atoms with van der Waals surface area (Å²) in [7, 11) is 0. The highest BCUT2D eigenvalue weighted by molar-refractivity contribution is 5.71. The van der Waals surface area contributed by atoms with E-state index in [-0.39, 0.29) is 31.1 Å². The summed E-state index contributed by atoms with van der Waals surface area (Å²) in [4.78, 5) is 38.1. The Morgan fingerprint density at radius 3 is 0.866 bits per heavy atom. The second-order valence-corrected chi connectivity index (χ2v) is 19.2. The maximum atomic E-state index is 12.8. The summed E-state index contributed by atoms with van der Waals surface area (Å²) in [6.45, 7) is 6.58. The van der Waals surface area contributed by atoms with Crippen molar-refractivity contribution in [2.75, 3.05) is 13.2 Å². The van der Waals surface area contributed by atoms with Crippen LogP contribution in [0.15, 0.2) is 60.8 Å². The number of carbonyl (C=O) groups is 3. The molecule has 0 spiro atoms. The van der Waals surface area contributed by atoms with Crippen molar-refractivity contribution >= 4 is 17.9 Å². The molecule has 0 aromatic rings. The standard InChI is InChI=1S/C61H108O6/c1-4-7-10-13-16-19-22-25-28-29-30-31-34-36-39-42-45-48-51-54-60(63)66-57-58(67-61(64)55-52-49-46-43-40-37-33-27-24-21-18-15-12-9-6-3)56-65-59(62)53-50-47-44-41-38-35-32-26-23-20-17-14-11-8-5-2/h16,18-21,23,25,27-28,33,58H,4-15,17,22,24,26,29-32,34-57H2,1-3H3/b19-16-,21-18-,23-20-,28-25-,33-27-/t58-/m0/s1. The van der Waals surface area contributed by atoms with Crippen LogP contribution < -0.4 is 0 Å². The van der Waals surface area contributed by atoms with Gasteiger partial charge < -0.3 is 14.2 Å². The van der Waals surface area contributed by atoms with Gasteiger partial charge in [0.25, 0.3) is 0 Å². The molecule has 67 heavy (non-hydrogen) atoms. The maximum absolute atomic E-state index is 12.8. The summed E-state index contributed by atoms with van der Waals surface area (Å²) >= 11 is 0. The zero-order chi connectivity index (χ0) is 48.6. The zero-order valence-corrected chi connectivity index (χ0v) is 44.4. The van der Waals surface area contributed by atoms with Crippen LogP contribution in [0.4, 0.5) is 0 Å². The lowest BCUT2D eigenvalue weighted by molar-refractivity contribution is -0.167. The molecular weight excluding hydrogens is 829 g/mol. The van der Waals surface area contributed by atoms with Gasteiger partial charge in [-0.2, -0.15) is 0 Å². The molecule has 388 valence electrons. The van der Waals surface area contributed by atoms with Crippen LogP contribution in [0.5, 0.6) is 0 Å². The van der Waals surface area contributed by atoms with Crippen LogP contribution in [-0.2, 0) is 28.6 Å². The van der Waals surface area contributed by atoms with Crippen LogP contribution in [0.25, 0.3) is 0 Å². The quantitative estimate of drug-likeness (QED) is 0.0262. The molecule has 6 heteroatoms. The zero-order valence-electron chi connectivity index (χ0n) is 44.4. The Labute approximate surface area is 415 Å². The Kier molecular flexibility index (Phi) is 53.3. The van der Waals surface area contributed by atoms with E-state index in [2.05, 4.69) is 81.5 Å². The minimum absolute atomic E-state index is 0.0826. The molecule has 0 radical (unpaired) electrons. The minimum Gasteiger partial charge on any atom is -0.462 e. The summed E-state index contributed by atoms with van der Waals surface area (Å²) in [5.74, 6) is -0.895. The van der Waals surface area contributed by atoms with Gasteiger partial charge in [-0.25, -0.2) is 0 Å². The first-order valence-corrected chi connectivity index (χ1v) is 28.8. The van der Waals surface area contributed by atoms with Crippen molar-refractivity contribution in [1.29, 1.82) is 0 Å². The summed E-state index contributed by atoms with van der Waals surface area (Å²) in [6.07, 6.45) is 69.1. The van der Waals surface area contributed by atoms with Gasteiger partial charge in [-0.1, -0.05) is 223 Å². The first-order valence-electron chi connectivity index (χ1n) is 28.8. The van der Waals surface area contributed by atoms with Gasteiger partial charge in [0, 0.05) is 19.3 Å². The third kappa shape index (κ3) is 53.9. The van der Waals surface area contributed by atoms with Crippen LogP contribution >= 0.6 is 0 Å². The average molecular weight is 938 g/mol. The summed E-state index contributed by atoms with van der Waals surface area (Å²) in [5.41, 5.74) is 0. The Morgan fingerprint density at radius 1 is 0.299 bits per heavy atom. The van der Waals surface area contributed by atoms with Crippen molar-refractivity contribution in [2.45, 2.75) is 297 Å². The number of ether oxygens (including phenoxy) is 3. The van der Waals surface area contributed by atoms with E-state index < -0.39 is 6.10 Å². The van der Waals surface area contributed by atoms with Gasteiger partial charge in [0.15, 0.2) is 6.10 Å². The van der Waals surface area contributed by atoms with Gasteiger partial charge in [-0.3, -0.25) is 14.4 Å². The minimum atomic E-state index is -0.785. The van der Waals surface area contributed by atoms with E-state index >= 15 is 0 Å². The topological polar surface area (TPSA) is 78.9 Å². The van der Waals surface area contributed by atoms with Crippen molar-refractivity contribution in [1.82, 2.24) is 0 Å². The Hall–Kier alpha value is -2.89. The molecular formula is C61H108O6. The predicted octanol–water partition coefficient (Wildman–Crippen LogP) is 19.2. The number of unbranched alkanes of at least 4 members (excludes halogenated alkanes) is 31. The molecule has 0 saturated heterocycles. The highest BCUT2D eigenvalue weighted by atomic mass is 16.6. The fourth-order valence-corrected chi connectivity index (χ4v) is 8.09. The molecule has 0 bridgehead atoms. The molecule has 0 aromatic heterocycles. The molecule has 0 aliphatic rings. The Bertz CT molecular complexity index is 1210. The lowest BCUT2D eigenvalue weighted by Crippen LogP contribution is -2.30. The molecule has 0 aromatic carbocycles. The van der Waals surface area contributed by atoms with Crippen LogP contribution in [0, 0.1) is 0 Å². The van der Waals surface area contributed by atoms with E-state index in [4.69, 9.17) is 14.2 Å². The molecule has 0 heterocycles.